The van der Waals surface area contributed by atoms with E-state index in [0.29, 0.717) is 11.4 Å². The van der Waals surface area contributed by atoms with Crippen molar-refractivity contribution >= 4 is 39.0 Å². The fraction of sp³-hybridized carbons (Fsp3) is 0.429. The summed E-state index contributed by atoms with van der Waals surface area (Å²) in [5.74, 6) is 0.628. The van der Waals surface area contributed by atoms with E-state index in [4.69, 9.17) is 10.5 Å². The topological polar surface area (TPSA) is 93.0 Å². The number of pyridine rings is 1. The summed E-state index contributed by atoms with van der Waals surface area (Å²) in [6.07, 6.45) is 5.45. The maximum absolute atomic E-state index is 11.7. The lowest BCUT2D eigenvalue weighted by Crippen LogP contribution is -2.10. The molecule has 0 unspecified atom stereocenters. The number of aryl methyl sites for hydroxylation is 1. The van der Waals surface area contributed by atoms with Crippen molar-refractivity contribution in [2.75, 3.05) is 18.5 Å². The number of rotatable bonds is 6. The van der Waals surface area contributed by atoms with Gasteiger partial charge in [0.1, 0.15) is 5.82 Å². The molecule has 158 valence electrons. The van der Waals surface area contributed by atoms with E-state index in [-0.39, 0.29) is 5.56 Å². The molecule has 6 nitrogen and oxygen atoms in total. The molecule has 1 aliphatic rings. The summed E-state index contributed by atoms with van der Waals surface area (Å²) in [6, 6.07) is 3.61. The van der Waals surface area contributed by atoms with Gasteiger partial charge in [0, 0.05) is 29.1 Å². The number of aromatic nitrogens is 2. The summed E-state index contributed by atoms with van der Waals surface area (Å²) in [4.78, 5) is 20.1. The predicted octanol–water partition coefficient (Wildman–Crippen LogP) is 5.37. The quantitative estimate of drug-likeness (QED) is 0.566. The van der Waals surface area contributed by atoms with E-state index in [1.54, 1.807) is 13.0 Å². The summed E-state index contributed by atoms with van der Waals surface area (Å²) in [6.45, 7) is 9.93. The van der Waals surface area contributed by atoms with Crippen LogP contribution >= 0.6 is 23.1 Å². The van der Waals surface area contributed by atoms with Gasteiger partial charge >= 0.3 is 0 Å². The van der Waals surface area contributed by atoms with Crippen molar-refractivity contribution in [1.29, 1.82) is 0 Å². The number of thioether (sulfide) groups is 1. The molecule has 0 atom stereocenters. The van der Waals surface area contributed by atoms with E-state index >= 15 is 0 Å². The largest absolute Gasteiger partial charge is 0.394 e. The Balaban J connectivity index is 0.000000521. The average molecular weight is 435 g/mol. The number of ether oxygens (including phenoxy) is 1. The van der Waals surface area contributed by atoms with Gasteiger partial charge in [0.25, 0.3) is 5.56 Å². The summed E-state index contributed by atoms with van der Waals surface area (Å²) in [5.41, 5.74) is 8.66. The molecule has 29 heavy (non-hydrogen) atoms. The minimum absolute atomic E-state index is 0.102. The Hall–Kier alpha value is -2.03. The first-order valence-electron chi connectivity index (χ1n) is 9.72. The van der Waals surface area contributed by atoms with E-state index in [1.807, 2.05) is 31.4 Å². The molecule has 0 radical (unpaired) electrons. The molecule has 0 bridgehead atoms. The monoisotopic (exact) mass is 434 g/mol. The van der Waals surface area contributed by atoms with Crippen molar-refractivity contribution in [3.8, 4) is 0 Å². The Labute approximate surface area is 180 Å². The molecule has 0 saturated carbocycles. The van der Waals surface area contributed by atoms with Crippen molar-refractivity contribution in [2.24, 2.45) is 5.73 Å². The van der Waals surface area contributed by atoms with Gasteiger partial charge in [-0.1, -0.05) is 36.4 Å². The lowest BCUT2D eigenvalue weighted by Gasteiger charge is -2.07. The van der Waals surface area contributed by atoms with Crippen LogP contribution in [0.15, 0.2) is 39.0 Å². The third kappa shape index (κ3) is 7.72. The maximum Gasteiger partial charge on any atom is 0.252 e. The maximum atomic E-state index is 11.7. The zero-order valence-electron chi connectivity index (χ0n) is 17.5. The van der Waals surface area contributed by atoms with Gasteiger partial charge in [-0.05, 0) is 46.1 Å². The Morgan fingerprint density at radius 3 is 2.66 bits per heavy atom. The Kier molecular flexibility index (Phi) is 9.50. The number of thiazole rings is 1. The number of H-pyrrole nitrogens is 1. The molecule has 2 aromatic heterocycles. The Bertz CT molecular complexity index is 900. The van der Waals surface area contributed by atoms with Crippen molar-refractivity contribution in [2.45, 2.75) is 47.0 Å². The smallest absolute Gasteiger partial charge is 0.252 e. The SMILES string of the molecule is C1CCOC1.CC/C=C(\N)SC(=C(C)C)c1csc(Nc2ccc(C)c(=O)[nH]2)n1. The van der Waals surface area contributed by atoms with E-state index in [0.717, 1.165) is 46.0 Å². The number of allylic oxidation sites excluding steroid dienone is 2. The second-order valence-electron chi connectivity index (χ2n) is 6.81. The highest BCUT2D eigenvalue weighted by molar-refractivity contribution is 8.11. The van der Waals surface area contributed by atoms with Gasteiger partial charge in [0.05, 0.1) is 10.7 Å². The summed E-state index contributed by atoms with van der Waals surface area (Å²) in [5, 5.41) is 6.63. The third-order valence-electron chi connectivity index (χ3n) is 3.99. The van der Waals surface area contributed by atoms with Crippen LogP contribution in [0.2, 0.25) is 0 Å². The minimum Gasteiger partial charge on any atom is -0.394 e. The fourth-order valence-electron chi connectivity index (χ4n) is 2.45. The third-order valence-corrected chi connectivity index (χ3v) is 5.97. The van der Waals surface area contributed by atoms with Crippen molar-refractivity contribution in [1.82, 2.24) is 9.97 Å². The van der Waals surface area contributed by atoms with Crippen LogP contribution in [0.4, 0.5) is 10.9 Å². The lowest BCUT2D eigenvalue weighted by atomic mass is 10.3. The number of nitrogens with two attached hydrogens (primary N) is 1. The van der Waals surface area contributed by atoms with Gasteiger partial charge in [-0.15, -0.1) is 11.3 Å². The molecule has 8 heteroatoms. The molecule has 3 heterocycles. The standard InChI is InChI=1S/C17H22N4OS2.C4H8O/c1-5-6-13(18)24-15(10(2)3)12-9-23-17(19-12)21-14-8-7-11(4)16(22)20-14;1-2-4-5-3-1/h6-9H,5,18H2,1-4H3,(H2,19,20,21,22);1-4H2/b13-6+;. The summed E-state index contributed by atoms with van der Waals surface area (Å²) in [7, 11) is 0. The molecule has 3 rings (SSSR count). The minimum atomic E-state index is -0.102. The number of aromatic amines is 1. The van der Waals surface area contributed by atoms with Gasteiger partial charge in [0.15, 0.2) is 5.13 Å². The molecule has 0 spiro atoms. The lowest BCUT2D eigenvalue weighted by molar-refractivity contribution is 0.198. The summed E-state index contributed by atoms with van der Waals surface area (Å²) < 4.78 is 4.94. The van der Waals surface area contributed by atoms with Gasteiger partial charge < -0.3 is 20.8 Å². The first kappa shape index (κ1) is 23.3. The number of nitrogens with zero attached hydrogens (tertiary/aromatic N) is 1. The van der Waals surface area contributed by atoms with Crippen molar-refractivity contribution in [3.05, 3.63) is 55.8 Å². The first-order valence-corrected chi connectivity index (χ1v) is 11.4. The van der Waals surface area contributed by atoms with Gasteiger partial charge in [-0.25, -0.2) is 4.98 Å². The molecule has 2 aromatic rings. The fourth-order valence-corrected chi connectivity index (χ4v) is 4.14. The van der Waals surface area contributed by atoms with Crippen LogP contribution in [0.25, 0.3) is 4.91 Å². The molecular formula is C21H30N4O2S2. The van der Waals surface area contributed by atoms with Gasteiger partial charge in [-0.2, -0.15) is 0 Å². The highest BCUT2D eigenvalue weighted by atomic mass is 32.2. The zero-order valence-corrected chi connectivity index (χ0v) is 19.1. The van der Waals surface area contributed by atoms with E-state index in [1.165, 1.54) is 35.9 Å². The number of anilines is 2. The first-order chi connectivity index (χ1) is 13.9. The Morgan fingerprint density at radius 1 is 1.38 bits per heavy atom. The van der Waals surface area contributed by atoms with Crippen LogP contribution in [-0.2, 0) is 4.74 Å². The second kappa shape index (κ2) is 11.8. The number of hydrogen-bond donors (Lipinski definition) is 3. The molecular weight excluding hydrogens is 404 g/mol. The van der Waals surface area contributed by atoms with Crippen LogP contribution in [0.1, 0.15) is 51.3 Å². The molecule has 0 aliphatic carbocycles. The molecule has 0 amide bonds. The highest BCUT2D eigenvalue weighted by Crippen LogP contribution is 2.36. The van der Waals surface area contributed by atoms with E-state index in [2.05, 4.69) is 22.2 Å². The van der Waals surface area contributed by atoms with Crippen LogP contribution in [0.3, 0.4) is 0 Å². The highest BCUT2D eigenvalue weighted by Gasteiger charge is 2.11. The molecule has 4 N–H and O–H groups in total. The molecule has 1 saturated heterocycles. The van der Waals surface area contributed by atoms with E-state index < -0.39 is 0 Å². The van der Waals surface area contributed by atoms with Crippen LogP contribution < -0.4 is 16.6 Å². The zero-order chi connectivity index (χ0) is 21.2. The van der Waals surface area contributed by atoms with Crippen LogP contribution in [-0.4, -0.2) is 23.2 Å². The predicted molar refractivity (Wildman–Crippen MR) is 126 cm³/mol. The molecule has 1 fully saturated rings. The number of hydrogen-bond acceptors (Lipinski definition) is 7. The van der Waals surface area contributed by atoms with Gasteiger partial charge in [0.2, 0.25) is 0 Å². The molecule has 0 aromatic carbocycles. The van der Waals surface area contributed by atoms with Gasteiger partial charge in [-0.3, -0.25) is 4.79 Å². The Morgan fingerprint density at radius 2 is 2.10 bits per heavy atom. The normalized spacial score (nSPS) is 13.6. The second-order valence-corrected chi connectivity index (χ2v) is 8.75. The van der Waals surface area contributed by atoms with Crippen LogP contribution in [0, 0.1) is 6.92 Å². The van der Waals surface area contributed by atoms with Crippen LogP contribution in [0.5, 0.6) is 0 Å². The summed E-state index contributed by atoms with van der Waals surface area (Å²) >= 11 is 3.02. The number of nitrogens with one attached hydrogen (secondary N) is 2. The average Bonchev–Trinajstić information content (AvgIpc) is 3.38. The van der Waals surface area contributed by atoms with Crippen molar-refractivity contribution < 1.29 is 4.74 Å². The van der Waals surface area contributed by atoms with Crippen molar-refractivity contribution in [3.63, 3.8) is 0 Å². The van der Waals surface area contributed by atoms with E-state index in [9.17, 15) is 4.79 Å². The molecule has 1 aliphatic heterocycles.